The first-order valence-electron chi connectivity index (χ1n) is 4.61. The molecule has 0 fully saturated rings. The Morgan fingerprint density at radius 1 is 1.07 bits per heavy atom. The second-order valence-corrected chi connectivity index (χ2v) is 3.22. The average Bonchev–Trinajstić information content (AvgIpc) is 2.72. The molecule has 0 unspecified atom stereocenters. The van der Waals surface area contributed by atoms with Crippen LogP contribution in [0, 0.1) is 0 Å². The van der Waals surface area contributed by atoms with Gasteiger partial charge in [0.1, 0.15) is 11.9 Å². The standard InChI is InChI=1S/C12H12O2/c13-11(12-7-4-8-14-12)9-10-5-2-1-3-6-10/h1-8,11,13H,9H2/t11-/m1/s1. The zero-order chi connectivity index (χ0) is 9.80. The van der Waals surface area contributed by atoms with E-state index in [1.54, 1.807) is 18.4 Å². The van der Waals surface area contributed by atoms with E-state index in [4.69, 9.17) is 4.42 Å². The second kappa shape index (κ2) is 4.11. The molecule has 1 atom stereocenters. The highest BCUT2D eigenvalue weighted by Crippen LogP contribution is 2.17. The predicted octanol–water partition coefficient (Wildman–Crippen LogP) is 2.56. The van der Waals surface area contributed by atoms with E-state index in [-0.39, 0.29) is 0 Å². The molecule has 72 valence electrons. The summed E-state index contributed by atoms with van der Waals surface area (Å²) in [5.74, 6) is 0.619. The third kappa shape index (κ3) is 2.03. The van der Waals surface area contributed by atoms with Gasteiger partial charge < -0.3 is 9.52 Å². The summed E-state index contributed by atoms with van der Waals surface area (Å²) in [7, 11) is 0. The van der Waals surface area contributed by atoms with Crippen molar-refractivity contribution in [3.05, 3.63) is 60.1 Å². The van der Waals surface area contributed by atoms with Gasteiger partial charge in [-0.3, -0.25) is 0 Å². The Morgan fingerprint density at radius 3 is 2.50 bits per heavy atom. The normalized spacial score (nSPS) is 12.6. The minimum absolute atomic E-state index is 0.549. The molecular formula is C12H12O2. The average molecular weight is 188 g/mol. The first-order valence-corrected chi connectivity index (χ1v) is 4.61. The molecule has 14 heavy (non-hydrogen) atoms. The zero-order valence-electron chi connectivity index (χ0n) is 7.76. The number of hydrogen-bond acceptors (Lipinski definition) is 2. The molecule has 1 heterocycles. The Balaban J connectivity index is 2.06. The topological polar surface area (TPSA) is 33.4 Å². The van der Waals surface area contributed by atoms with Crippen molar-refractivity contribution >= 4 is 0 Å². The number of furan rings is 1. The van der Waals surface area contributed by atoms with Crippen LogP contribution in [0.5, 0.6) is 0 Å². The van der Waals surface area contributed by atoms with Gasteiger partial charge in [-0.05, 0) is 17.7 Å². The van der Waals surface area contributed by atoms with Gasteiger partial charge in [-0.25, -0.2) is 0 Å². The van der Waals surface area contributed by atoms with Crippen LogP contribution in [0.15, 0.2) is 53.1 Å². The molecule has 1 aromatic heterocycles. The summed E-state index contributed by atoms with van der Waals surface area (Å²) in [6.07, 6.45) is 1.62. The lowest BCUT2D eigenvalue weighted by atomic mass is 10.1. The smallest absolute Gasteiger partial charge is 0.132 e. The molecule has 0 aliphatic heterocycles. The minimum atomic E-state index is -0.549. The lowest BCUT2D eigenvalue weighted by Crippen LogP contribution is -1.99. The van der Waals surface area contributed by atoms with Crippen LogP contribution in [-0.2, 0) is 6.42 Å². The lowest BCUT2D eigenvalue weighted by Gasteiger charge is -2.06. The summed E-state index contributed by atoms with van der Waals surface area (Å²) in [6, 6.07) is 13.4. The van der Waals surface area contributed by atoms with E-state index in [0.717, 1.165) is 5.56 Å². The highest BCUT2D eigenvalue weighted by molar-refractivity contribution is 5.17. The van der Waals surface area contributed by atoms with Gasteiger partial charge in [0.2, 0.25) is 0 Å². The Hall–Kier alpha value is -1.54. The van der Waals surface area contributed by atoms with Crippen molar-refractivity contribution in [2.24, 2.45) is 0 Å². The molecule has 0 aliphatic rings. The van der Waals surface area contributed by atoms with Crippen LogP contribution in [0.1, 0.15) is 17.4 Å². The van der Waals surface area contributed by atoms with Crippen molar-refractivity contribution < 1.29 is 9.52 Å². The molecule has 0 saturated carbocycles. The van der Waals surface area contributed by atoms with Gasteiger partial charge in [0.15, 0.2) is 0 Å². The fourth-order valence-corrected chi connectivity index (χ4v) is 1.42. The van der Waals surface area contributed by atoms with Crippen molar-refractivity contribution in [2.45, 2.75) is 12.5 Å². The molecule has 0 radical (unpaired) electrons. The molecule has 0 saturated heterocycles. The summed E-state index contributed by atoms with van der Waals surface area (Å²) in [4.78, 5) is 0. The van der Waals surface area contributed by atoms with Crippen molar-refractivity contribution in [1.29, 1.82) is 0 Å². The van der Waals surface area contributed by atoms with Gasteiger partial charge >= 0.3 is 0 Å². The molecule has 1 aromatic carbocycles. The summed E-state index contributed by atoms with van der Waals surface area (Å²) in [5, 5.41) is 9.77. The van der Waals surface area contributed by atoms with Crippen molar-refractivity contribution in [2.75, 3.05) is 0 Å². The third-order valence-corrected chi connectivity index (χ3v) is 2.14. The Kier molecular flexibility index (Phi) is 2.65. The molecule has 2 rings (SSSR count). The SMILES string of the molecule is O[C@H](Cc1ccccc1)c1ccco1. The fourth-order valence-electron chi connectivity index (χ4n) is 1.42. The quantitative estimate of drug-likeness (QED) is 0.803. The number of aliphatic hydroxyl groups is 1. The lowest BCUT2D eigenvalue weighted by molar-refractivity contribution is 0.150. The van der Waals surface area contributed by atoms with Crippen LogP contribution in [0.25, 0.3) is 0 Å². The van der Waals surface area contributed by atoms with Crippen LogP contribution >= 0.6 is 0 Å². The number of rotatable bonds is 3. The van der Waals surface area contributed by atoms with Crippen molar-refractivity contribution in [3.63, 3.8) is 0 Å². The molecule has 0 aliphatic carbocycles. The largest absolute Gasteiger partial charge is 0.467 e. The Bertz CT molecular complexity index is 364. The Morgan fingerprint density at radius 2 is 1.86 bits per heavy atom. The van der Waals surface area contributed by atoms with Gasteiger partial charge in [0, 0.05) is 6.42 Å². The summed E-state index contributed by atoms with van der Waals surface area (Å²) in [6.45, 7) is 0. The predicted molar refractivity (Wildman–Crippen MR) is 53.8 cm³/mol. The van der Waals surface area contributed by atoms with E-state index in [1.807, 2.05) is 30.3 Å². The summed E-state index contributed by atoms with van der Waals surface area (Å²) in [5.41, 5.74) is 1.11. The maximum Gasteiger partial charge on any atom is 0.132 e. The maximum atomic E-state index is 9.77. The van der Waals surface area contributed by atoms with E-state index >= 15 is 0 Å². The Labute approximate surface area is 82.8 Å². The van der Waals surface area contributed by atoms with E-state index in [2.05, 4.69) is 0 Å². The van der Waals surface area contributed by atoms with Crippen LogP contribution in [0.4, 0.5) is 0 Å². The van der Waals surface area contributed by atoms with E-state index in [1.165, 1.54) is 0 Å². The zero-order valence-corrected chi connectivity index (χ0v) is 7.76. The van der Waals surface area contributed by atoms with Crippen LogP contribution in [0.3, 0.4) is 0 Å². The molecule has 1 N–H and O–H groups in total. The molecule has 0 bridgehead atoms. The second-order valence-electron chi connectivity index (χ2n) is 3.22. The first-order chi connectivity index (χ1) is 6.86. The highest BCUT2D eigenvalue weighted by atomic mass is 16.4. The summed E-state index contributed by atoms with van der Waals surface area (Å²) >= 11 is 0. The van der Waals surface area contributed by atoms with Crippen LogP contribution in [-0.4, -0.2) is 5.11 Å². The monoisotopic (exact) mass is 188 g/mol. The first kappa shape index (κ1) is 9.03. The molecule has 0 amide bonds. The van der Waals surface area contributed by atoms with E-state index < -0.39 is 6.10 Å². The van der Waals surface area contributed by atoms with E-state index in [9.17, 15) is 5.11 Å². The van der Waals surface area contributed by atoms with Crippen LogP contribution < -0.4 is 0 Å². The molecule has 0 spiro atoms. The third-order valence-electron chi connectivity index (χ3n) is 2.14. The summed E-state index contributed by atoms with van der Waals surface area (Å²) < 4.78 is 5.12. The van der Waals surface area contributed by atoms with Gasteiger partial charge in [0.05, 0.1) is 6.26 Å². The number of aliphatic hydroxyl groups excluding tert-OH is 1. The van der Waals surface area contributed by atoms with Crippen molar-refractivity contribution in [1.82, 2.24) is 0 Å². The van der Waals surface area contributed by atoms with Crippen LogP contribution in [0.2, 0.25) is 0 Å². The molecule has 2 nitrogen and oxygen atoms in total. The minimum Gasteiger partial charge on any atom is -0.467 e. The van der Waals surface area contributed by atoms with E-state index in [0.29, 0.717) is 12.2 Å². The number of benzene rings is 1. The van der Waals surface area contributed by atoms with Gasteiger partial charge in [-0.2, -0.15) is 0 Å². The van der Waals surface area contributed by atoms with Crippen molar-refractivity contribution in [3.8, 4) is 0 Å². The number of hydrogen-bond donors (Lipinski definition) is 1. The van der Waals surface area contributed by atoms with Gasteiger partial charge in [-0.1, -0.05) is 30.3 Å². The molecular weight excluding hydrogens is 176 g/mol. The van der Waals surface area contributed by atoms with Gasteiger partial charge in [0.25, 0.3) is 0 Å². The molecule has 2 aromatic rings. The molecule has 2 heteroatoms. The fraction of sp³-hybridized carbons (Fsp3) is 0.167. The maximum absolute atomic E-state index is 9.77. The van der Waals surface area contributed by atoms with Gasteiger partial charge in [-0.15, -0.1) is 0 Å². The highest BCUT2D eigenvalue weighted by Gasteiger charge is 2.10.